The van der Waals surface area contributed by atoms with Crippen molar-refractivity contribution in [2.24, 2.45) is 5.92 Å². The van der Waals surface area contributed by atoms with Gasteiger partial charge in [-0.05, 0) is 65.1 Å². The van der Waals surface area contributed by atoms with Crippen LogP contribution >= 0.6 is 0 Å². The summed E-state index contributed by atoms with van der Waals surface area (Å²) in [7, 11) is 0. The fraction of sp³-hybridized carbons (Fsp3) is 0.400. The largest absolute Gasteiger partial charge is 0.347 e. The minimum atomic E-state index is -0.294. The van der Waals surface area contributed by atoms with Crippen molar-refractivity contribution < 1.29 is 9.18 Å². The van der Waals surface area contributed by atoms with Gasteiger partial charge in [0.05, 0.1) is 6.04 Å². The molecule has 0 aliphatic rings. The van der Waals surface area contributed by atoms with Crippen LogP contribution < -0.4 is 5.32 Å². The molecule has 1 amide bonds. The van der Waals surface area contributed by atoms with E-state index in [4.69, 9.17) is 0 Å². The lowest BCUT2D eigenvalue weighted by molar-refractivity contribution is 0.0940. The Balaban J connectivity index is 1.84. The number of carbonyl (C=O) groups excluding carboxylic acids is 1. The maximum atomic E-state index is 14.2. The fourth-order valence-electron chi connectivity index (χ4n) is 3.54. The lowest BCUT2D eigenvalue weighted by Gasteiger charge is -2.22. The van der Waals surface area contributed by atoms with Crippen LogP contribution in [0.4, 0.5) is 4.39 Å². The summed E-state index contributed by atoms with van der Waals surface area (Å²) < 4.78 is 16.3. The van der Waals surface area contributed by atoms with Gasteiger partial charge in [0, 0.05) is 23.8 Å². The average Bonchev–Trinajstić information content (AvgIpc) is 3.02. The molecule has 3 rings (SSSR count). The molecule has 0 unspecified atom stereocenters. The molecule has 3 nitrogen and oxygen atoms in total. The van der Waals surface area contributed by atoms with Crippen LogP contribution in [0, 0.1) is 11.7 Å². The predicted molar refractivity (Wildman–Crippen MR) is 118 cm³/mol. The summed E-state index contributed by atoms with van der Waals surface area (Å²) in [4.78, 5) is 12.9. The molecule has 1 N–H and O–H groups in total. The minimum absolute atomic E-state index is 0.154. The molecule has 0 saturated carbocycles. The highest BCUT2D eigenvalue weighted by Crippen LogP contribution is 2.27. The van der Waals surface area contributed by atoms with E-state index in [0.717, 1.165) is 28.6 Å². The Labute approximate surface area is 172 Å². The molecule has 0 spiro atoms. The zero-order valence-electron chi connectivity index (χ0n) is 18.2. The second-order valence-electron chi connectivity index (χ2n) is 9.35. The molecule has 0 fully saturated rings. The molecule has 3 aromatic rings. The van der Waals surface area contributed by atoms with Crippen molar-refractivity contribution in [3.63, 3.8) is 0 Å². The zero-order valence-corrected chi connectivity index (χ0v) is 18.2. The van der Waals surface area contributed by atoms with Gasteiger partial charge in [-0.2, -0.15) is 0 Å². The van der Waals surface area contributed by atoms with Crippen LogP contribution in [0.3, 0.4) is 0 Å². The van der Waals surface area contributed by atoms with Gasteiger partial charge in [-0.15, -0.1) is 0 Å². The van der Waals surface area contributed by atoms with Crippen molar-refractivity contribution >= 4 is 16.8 Å². The number of hydrogen-bond acceptors (Lipinski definition) is 1. The number of hydrogen-bond donors (Lipinski definition) is 1. The first kappa shape index (κ1) is 21.1. The van der Waals surface area contributed by atoms with Crippen molar-refractivity contribution in [3.05, 3.63) is 71.2 Å². The normalized spacial score (nSPS) is 13.1. The molecule has 0 aliphatic carbocycles. The van der Waals surface area contributed by atoms with Gasteiger partial charge >= 0.3 is 0 Å². The molecule has 1 atom stereocenters. The summed E-state index contributed by atoms with van der Waals surface area (Å²) >= 11 is 0. The zero-order chi connectivity index (χ0) is 21.3. The molecule has 2 aromatic carbocycles. The Kier molecular flexibility index (Phi) is 5.83. The number of aromatic nitrogens is 1. The topological polar surface area (TPSA) is 34.0 Å². The van der Waals surface area contributed by atoms with E-state index in [1.807, 2.05) is 31.2 Å². The standard InChI is InChI=1S/C25H31FN2O/c1-16(2)15-28-10-9-18-7-8-19(13-23(18)28)24(29)27-17(3)20-11-21(25(4,5)6)14-22(26)12-20/h7-14,16-17H,15H2,1-6H3,(H,27,29)/t17-/m0/s1. The summed E-state index contributed by atoms with van der Waals surface area (Å²) in [6, 6.07) is 12.6. The van der Waals surface area contributed by atoms with Crippen LogP contribution in [0.15, 0.2) is 48.7 Å². The van der Waals surface area contributed by atoms with Gasteiger partial charge < -0.3 is 9.88 Å². The summed E-state index contributed by atoms with van der Waals surface area (Å²) in [5.74, 6) is 0.0906. The van der Waals surface area contributed by atoms with Crippen LogP contribution in [-0.2, 0) is 12.0 Å². The lowest BCUT2D eigenvalue weighted by Crippen LogP contribution is -2.27. The third kappa shape index (κ3) is 4.87. The average molecular weight is 395 g/mol. The van der Waals surface area contributed by atoms with Gasteiger partial charge in [-0.25, -0.2) is 4.39 Å². The molecule has 0 radical (unpaired) electrons. The fourth-order valence-corrected chi connectivity index (χ4v) is 3.54. The molecule has 0 bridgehead atoms. The van der Waals surface area contributed by atoms with Gasteiger partial charge in [0.25, 0.3) is 5.91 Å². The Hall–Kier alpha value is -2.62. The van der Waals surface area contributed by atoms with Gasteiger partial charge in [-0.3, -0.25) is 4.79 Å². The molecular weight excluding hydrogens is 363 g/mol. The van der Waals surface area contributed by atoms with Crippen molar-refractivity contribution in [2.45, 2.75) is 59.5 Å². The Morgan fingerprint density at radius 1 is 1.07 bits per heavy atom. The highest BCUT2D eigenvalue weighted by atomic mass is 19.1. The van der Waals surface area contributed by atoms with E-state index in [0.29, 0.717) is 11.5 Å². The summed E-state index contributed by atoms with van der Waals surface area (Å²) in [5.41, 5.74) is 3.20. The SMILES string of the molecule is CC(C)Cn1ccc2ccc(C(=O)N[C@@H](C)c3cc(F)cc(C(C)(C)C)c3)cc21. The van der Waals surface area contributed by atoms with Crippen molar-refractivity contribution in [3.8, 4) is 0 Å². The second kappa shape index (κ2) is 8.02. The smallest absolute Gasteiger partial charge is 0.251 e. The van der Waals surface area contributed by atoms with E-state index < -0.39 is 0 Å². The summed E-state index contributed by atoms with van der Waals surface area (Å²) in [6.45, 7) is 13.3. The molecule has 1 heterocycles. The Morgan fingerprint density at radius 2 is 1.79 bits per heavy atom. The number of nitrogens with one attached hydrogen (secondary N) is 1. The summed E-state index contributed by atoms with van der Waals surface area (Å²) in [6.07, 6.45) is 2.07. The van der Waals surface area contributed by atoms with Crippen molar-refractivity contribution in [1.29, 1.82) is 0 Å². The number of halogens is 1. The number of carbonyl (C=O) groups is 1. The van der Waals surface area contributed by atoms with E-state index in [1.54, 1.807) is 6.07 Å². The summed E-state index contributed by atoms with van der Waals surface area (Å²) in [5, 5.41) is 4.14. The van der Waals surface area contributed by atoms with Crippen LogP contribution in [0.1, 0.15) is 69.1 Å². The third-order valence-electron chi connectivity index (χ3n) is 5.23. The highest BCUT2D eigenvalue weighted by molar-refractivity contribution is 5.98. The van der Waals surface area contributed by atoms with E-state index in [2.05, 4.69) is 56.8 Å². The number of nitrogens with zero attached hydrogens (tertiary/aromatic N) is 1. The molecule has 154 valence electrons. The van der Waals surface area contributed by atoms with Gasteiger partial charge in [0.15, 0.2) is 0 Å². The number of rotatable bonds is 5. The maximum absolute atomic E-state index is 14.2. The quantitative estimate of drug-likeness (QED) is 0.547. The van der Waals surface area contributed by atoms with E-state index >= 15 is 0 Å². The lowest BCUT2D eigenvalue weighted by atomic mass is 9.85. The first-order valence-electron chi connectivity index (χ1n) is 10.3. The first-order valence-corrected chi connectivity index (χ1v) is 10.3. The number of amides is 1. The molecule has 1 aromatic heterocycles. The van der Waals surface area contributed by atoms with Gasteiger partial charge in [-0.1, -0.05) is 46.8 Å². The van der Waals surface area contributed by atoms with E-state index in [-0.39, 0.29) is 23.2 Å². The van der Waals surface area contributed by atoms with Crippen LogP contribution in [0.5, 0.6) is 0 Å². The second-order valence-corrected chi connectivity index (χ2v) is 9.35. The maximum Gasteiger partial charge on any atom is 0.251 e. The third-order valence-corrected chi connectivity index (χ3v) is 5.23. The molecule has 4 heteroatoms. The molecular formula is C25H31FN2O. The number of benzene rings is 2. The van der Waals surface area contributed by atoms with Crippen LogP contribution in [0.25, 0.3) is 10.9 Å². The minimum Gasteiger partial charge on any atom is -0.347 e. The monoisotopic (exact) mass is 394 g/mol. The van der Waals surface area contributed by atoms with E-state index in [1.165, 1.54) is 6.07 Å². The predicted octanol–water partition coefficient (Wildman–Crippen LogP) is 6.22. The van der Waals surface area contributed by atoms with Gasteiger partial charge in [0.1, 0.15) is 5.82 Å². The van der Waals surface area contributed by atoms with Gasteiger partial charge in [0.2, 0.25) is 0 Å². The Bertz CT molecular complexity index is 1030. The molecule has 29 heavy (non-hydrogen) atoms. The van der Waals surface area contributed by atoms with E-state index in [9.17, 15) is 9.18 Å². The first-order chi connectivity index (χ1) is 13.5. The van der Waals surface area contributed by atoms with Crippen LogP contribution in [0.2, 0.25) is 0 Å². The Morgan fingerprint density at radius 3 is 2.45 bits per heavy atom. The van der Waals surface area contributed by atoms with Crippen LogP contribution in [-0.4, -0.2) is 10.5 Å². The van der Waals surface area contributed by atoms with Crippen molar-refractivity contribution in [1.82, 2.24) is 9.88 Å². The molecule has 0 saturated heterocycles. The highest BCUT2D eigenvalue weighted by Gasteiger charge is 2.19. The number of fused-ring (bicyclic) bond motifs is 1. The molecule has 0 aliphatic heterocycles. The van der Waals surface area contributed by atoms with Crippen molar-refractivity contribution in [2.75, 3.05) is 0 Å².